The molecular weight excluding hydrogens is 544 g/mol. The van der Waals surface area contributed by atoms with Gasteiger partial charge in [-0.15, -0.1) is 0 Å². The molecule has 0 saturated carbocycles. The van der Waals surface area contributed by atoms with Crippen LogP contribution in [-0.2, 0) is 27.3 Å². The highest BCUT2D eigenvalue weighted by atomic mass is 16.4. The molecule has 242 valence electrons. The molecule has 0 saturated heterocycles. The molecule has 1 aromatic carbocycles. The molecule has 2 aromatic rings. The number of allylic oxidation sites excluding steroid dienone is 3. The molecule has 0 aliphatic heterocycles. The molecule has 43 heavy (non-hydrogen) atoms. The first-order valence-electron chi connectivity index (χ1n) is 14.8. The predicted molar refractivity (Wildman–Crippen MR) is 179 cm³/mol. The van der Waals surface area contributed by atoms with Crippen molar-refractivity contribution in [2.45, 2.75) is 74.8 Å². The summed E-state index contributed by atoms with van der Waals surface area (Å²) in [5.74, 6) is -0.228. The van der Waals surface area contributed by atoms with E-state index in [0.717, 1.165) is 36.2 Å². The third kappa shape index (κ3) is 19.8. The Hall–Kier alpha value is -3.86. The lowest BCUT2D eigenvalue weighted by Gasteiger charge is -2.33. The topological polar surface area (TPSA) is 155 Å². The minimum Gasteiger partial charge on any atom is -0.478 e. The van der Waals surface area contributed by atoms with Crippen molar-refractivity contribution < 1.29 is 19.5 Å². The lowest BCUT2D eigenvalue weighted by molar-refractivity contribution is -0.148. The highest BCUT2D eigenvalue weighted by Gasteiger charge is 2.18. The Labute approximate surface area is 259 Å². The number of nitrogens with two attached hydrogens (primary N) is 2. The zero-order valence-electron chi connectivity index (χ0n) is 27.6. The number of pyridine rings is 1. The lowest BCUT2D eigenvalue weighted by Crippen LogP contribution is -2.50. The Morgan fingerprint density at radius 3 is 2.00 bits per heavy atom. The zero-order valence-corrected chi connectivity index (χ0v) is 27.6. The Bertz CT molecular complexity index is 1020. The van der Waals surface area contributed by atoms with Gasteiger partial charge in [-0.2, -0.15) is 0 Å². The molecule has 10 nitrogen and oxygen atoms in total. The van der Waals surface area contributed by atoms with Crippen LogP contribution in [0.15, 0.2) is 66.4 Å². The maximum Gasteiger partial charge on any atom is 0.333 e. The van der Waals surface area contributed by atoms with Crippen LogP contribution in [0.2, 0.25) is 0 Å². The van der Waals surface area contributed by atoms with Crippen LogP contribution in [0.25, 0.3) is 0 Å². The fourth-order valence-electron chi connectivity index (χ4n) is 3.32. The molecule has 6 N–H and O–H groups in total. The Kier molecular flexibility index (Phi) is 30.0. The summed E-state index contributed by atoms with van der Waals surface area (Å²) in [5.41, 5.74) is 14.7. The normalized spacial score (nSPS) is 10.1. The molecule has 0 spiro atoms. The van der Waals surface area contributed by atoms with Crippen LogP contribution in [0.1, 0.15) is 71.6 Å². The molecule has 0 radical (unpaired) electrons. The van der Waals surface area contributed by atoms with E-state index in [-0.39, 0.29) is 19.1 Å². The van der Waals surface area contributed by atoms with Crippen molar-refractivity contribution in [3.05, 3.63) is 83.1 Å². The highest BCUT2D eigenvalue weighted by Crippen LogP contribution is 2.08. The van der Waals surface area contributed by atoms with E-state index in [1.807, 2.05) is 96.7 Å². The molecule has 0 aliphatic carbocycles. The van der Waals surface area contributed by atoms with Crippen LogP contribution in [0.3, 0.4) is 0 Å². The minimum atomic E-state index is -0.928. The number of hydrogen-bond donors (Lipinski definition) is 4. The summed E-state index contributed by atoms with van der Waals surface area (Å²) in [6.07, 6.45) is 8.15. The van der Waals surface area contributed by atoms with Crippen molar-refractivity contribution in [3.8, 4) is 0 Å². The molecule has 2 rings (SSSR count). The summed E-state index contributed by atoms with van der Waals surface area (Å²) >= 11 is 0. The Balaban J connectivity index is -0.000000639. The fraction of sp³-hybridized carbons (Fsp3) is 0.455. The van der Waals surface area contributed by atoms with Gasteiger partial charge < -0.3 is 26.7 Å². The molecular formula is C33H56N6O4. The first-order chi connectivity index (χ1) is 20.8. The van der Waals surface area contributed by atoms with Gasteiger partial charge in [0.1, 0.15) is 12.6 Å². The van der Waals surface area contributed by atoms with Crippen molar-refractivity contribution in [1.82, 2.24) is 15.0 Å². The number of aromatic nitrogens is 1. The quantitative estimate of drug-likeness (QED) is 0.103. The summed E-state index contributed by atoms with van der Waals surface area (Å²) in [6.45, 7) is 20.5. The third-order valence-electron chi connectivity index (χ3n) is 5.40. The number of rotatable bonds is 13. The first kappa shape index (κ1) is 43.6. The van der Waals surface area contributed by atoms with E-state index in [1.54, 1.807) is 29.4 Å². The van der Waals surface area contributed by atoms with E-state index in [0.29, 0.717) is 24.4 Å². The van der Waals surface area contributed by atoms with Crippen LogP contribution in [0.5, 0.6) is 0 Å². The van der Waals surface area contributed by atoms with Gasteiger partial charge in [-0.05, 0) is 43.0 Å². The van der Waals surface area contributed by atoms with Gasteiger partial charge in [0.2, 0.25) is 5.91 Å². The summed E-state index contributed by atoms with van der Waals surface area (Å²) in [6, 6.07) is 11.6. The number of aryl methyl sites for hydroxylation is 1. The summed E-state index contributed by atoms with van der Waals surface area (Å²) in [4.78, 5) is 35.4. The molecule has 10 heteroatoms. The van der Waals surface area contributed by atoms with Gasteiger partial charge in [-0.1, -0.05) is 90.1 Å². The van der Waals surface area contributed by atoms with Crippen molar-refractivity contribution >= 4 is 24.5 Å². The number of aliphatic carboxylic acids is 1. The second-order valence-corrected chi connectivity index (χ2v) is 8.32. The predicted octanol–water partition coefficient (Wildman–Crippen LogP) is 5.34. The van der Waals surface area contributed by atoms with E-state index in [2.05, 4.69) is 17.2 Å². The van der Waals surface area contributed by atoms with Gasteiger partial charge in [0.05, 0.1) is 18.7 Å². The number of carboxylic acid groups (broad SMARTS) is 1. The van der Waals surface area contributed by atoms with Crippen molar-refractivity contribution in [2.24, 2.45) is 11.5 Å². The van der Waals surface area contributed by atoms with E-state index >= 15 is 0 Å². The van der Waals surface area contributed by atoms with Gasteiger partial charge in [-0.3, -0.25) is 9.80 Å². The number of nitrogens with one attached hydrogen (secondary N) is 1. The van der Waals surface area contributed by atoms with Crippen molar-refractivity contribution in [3.63, 3.8) is 0 Å². The number of carboxylic acids is 1. The molecule has 0 unspecified atom stereocenters. The van der Waals surface area contributed by atoms with Crippen LogP contribution in [0, 0.1) is 6.92 Å². The number of carbonyl (C=O) groups is 3. The molecule has 1 heterocycles. The van der Waals surface area contributed by atoms with Crippen LogP contribution in [-0.4, -0.2) is 65.1 Å². The molecule has 1 amide bonds. The number of carbonyl (C=O) groups excluding carboxylic acids is 2. The molecule has 0 aliphatic rings. The van der Waals surface area contributed by atoms with Gasteiger partial charge in [0.25, 0.3) is 0 Å². The fourth-order valence-corrected chi connectivity index (χ4v) is 3.32. The number of benzene rings is 1. The second kappa shape index (κ2) is 29.6. The monoisotopic (exact) mass is 600 g/mol. The number of anilines is 1. The SMILES string of the molecule is C/C=C\C=C(\CNc1ccc(C)cn1)C(=O)O.C=O.CC.CC.CCCN(CC)N(CN)C(=O)Cc1ccc(CN)cc1. The van der Waals surface area contributed by atoms with E-state index in [1.165, 1.54) is 0 Å². The van der Waals surface area contributed by atoms with Gasteiger partial charge in [0.15, 0.2) is 0 Å². The average Bonchev–Trinajstić information content (AvgIpc) is 3.05. The summed E-state index contributed by atoms with van der Waals surface area (Å²) in [7, 11) is 0. The molecule has 0 fully saturated rings. The number of hydrogen-bond acceptors (Lipinski definition) is 8. The van der Waals surface area contributed by atoms with Crippen molar-refractivity contribution in [2.75, 3.05) is 31.6 Å². The molecule has 0 atom stereocenters. The summed E-state index contributed by atoms with van der Waals surface area (Å²) < 4.78 is 0. The minimum absolute atomic E-state index is 0.0308. The second-order valence-electron chi connectivity index (χ2n) is 8.32. The first-order valence-corrected chi connectivity index (χ1v) is 14.8. The van der Waals surface area contributed by atoms with Crippen LogP contribution in [0.4, 0.5) is 5.82 Å². The number of nitrogens with zero attached hydrogens (tertiary/aromatic N) is 3. The maximum absolute atomic E-state index is 12.4. The largest absolute Gasteiger partial charge is 0.478 e. The third-order valence-corrected chi connectivity index (χ3v) is 5.40. The van der Waals surface area contributed by atoms with Gasteiger partial charge in [-0.25, -0.2) is 14.8 Å². The Morgan fingerprint density at radius 2 is 1.58 bits per heavy atom. The smallest absolute Gasteiger partial charge is 0.333 e. The van der Waals surface area contributed by atoms with Crippen LogP contribution >= 0.6 is 0 Å². The number of hydrazine groups is 1. The molecule has 1 aromatic heterocycles. The van der Waals surface area contributed by atoms with Crippen molar-refractivity contribution in [1.29, 1.82) is 0 Å². The maximum atomic E-state index is 12.4. The van der Waals surface area contributed by atoms with Gasteiger partial charge in [0, 0.05) is 32.4 Å². The van der Waals surface area contributed by atoms with E-state index in [9.17, 15) is 9.59 Å². The van der Waals surface area contributed by atoms with E-state index in [4.69, 9.17) is 21.4 Å². The highest BCUT2D eigenvalue weighted by molar-refractivity contribution is 5.88. The summed E-state index contributed by atoms with van der Waals surface area (Å²) in [5, 5.41) is 15.6. The van der Waals surface area contributed by atoms with Crippen LogP contribution < -0.4 is 16.8 Å². The Morgan fingerprint density at radius 1 is 1.00 bits per heavy atom. The van der Waals surface area contributed by atoms with Gasteiger partial charge >= 0.3 is 5.97 Å². The average molecular weight is 601 g/mol. The lowest BCUT2D eigenvalue weighted by atomic mass is 10.1. The zero-order chi connectivity index (χ0) is 33.6. The molecule has 0 bridgehead atoms. The van der Waals surface area contributed by atoms with E-state index < -0.39 is 5.97 Å². The standard InChI is InChI=1S/C15H26N4O.C13H16N2O2.2C2H6.CH2O/c1-3-9-18(4-2)19(12-17)15(20)10-13-5-7-14(11-16)8-6-13;1-3-4-5-11(13(16)17)9-15-12-7-6-10(2)8-14-12;3*1-2/h5-8H,3-4,9-12,16-17H2,1-2H3;3-8H,9H2,1-2H3,(H,14,15)(H,16,17);2*1-2H3;1H2/b;4-3-,11-5-;;;. The number of amides is 1.